The van der Waals surface area contributed by atoms with Crippen molar-refractivity contribution in [1.82, 2.24) is 9.71 Å². The van der Waals surface area contributed by atoms with Crippen molar-refractivity contribution < 1.29 is 22.5 Å². The van der Waals surface area contributed by atoms with E-state index in [1.165, 1.54) is 6.07 Å². The summed E-state index contributed by atoms with van der Waals surface area (Å²) in [6, 6.07) is 2.20. The minimum atomic E-state index is -3.19. The number of aldehydes is 1. The quantitative estimate of drug-likeness (QED) is 0.452. The van der Waals surface area contributed by atoms with Gasteiger partial charge in [-0.1, -0.05) is 0 Å². The van der Waals surface area contributed by atoms with E-state index in [9.17, 15) is 22.5 Å². The molecule has 9 heteroatoms. The van der Waals surface area contributed by atoms with Crippen LogP contribution in [0.2, 0.25) is 0 Å². The summed E-state index contributed by atoms with van der Waals surface area (Å²) >= 11 is 1.03. The summed E-state index contributed by atoms with van der Waals surface area (Å²) in [7, 11) is 0. The molecule has 1 aromatic heterocycles. The zero-order valence-corrected chi connectivity index (χ0v) is 14.6. The van der Waals surface area contributed by atoms with Crippen LogP contribution < -0.4 is 4.72 Å². The Labute approximate surface area is 138 Å². The van der Waals surface area contributed by atoms with Crippen LogP contribution in [0.25, 0.3) is 0 Å². The van der Waals surface area contributed by atoms with Crippen LogP contribution in [-0.4, -0.2) is 27.0 Å². The van der Waals surface area contributed by atoms with Crippen molar-refractivity contribution in [2.45, 2.75) is 43.9 Å². The van der Waals surface area contributed by atoms with Gasteiger partial charge in [0, 0.05) is 17.8 Å². The molecule has 1 unspecified atom stereocenters. The van der Waals surface area contributed by atoms with E-state index in [2.05, 4.69) is 25.6 Å². The molecular formula is C13H16BrF3N2O2S. The van der Waals surface area contributed by atoms with Gasteiger partial charge in [-0.2, -0.15) is 0 Å². The summed E-state index contributed by atoms with van der Waals surface area (Å²) < 4.78 is 55.1. The highest BCUT2D eigenvalue weighted by Crippen LogP contribution is 2.35. The van der Waals surface area contributed by atoms with Crippen LogP contribution in [0.1, 0.15) is 32.9 Å². The first kappa shape index (κ1) is 19.4. The van der Waals surface area contributed by atoms with E-state index in [4.69, 9.17) is 0 Å². The van der Waals surface area contributed by atoms with Crippen molar-refractivity contribution in [3.05, 3.63) is 28.2 Å². The predicted molar refractivity (Wildman–Crippen MR) is 81.3 cm³/mol. The first-order valence-corrected chi connectivity index (χ1v) is 8.23. The minimum absolute atomic E-state index is 0.128. The molecule has 124 valence electrons. The van der Waals surface area contributed by atoms with Gasteiger partial charge in [0.15, 0.2) is 5.54 Å². The van der Waals surface area contributed by atoms with Gasteiger partial charge < -0.3 is 9.35 Å². The highest BCUT2D eigenvalue weighted by atomic mass is 79.9. The normalized spacial score (nSPS) is 16.4. The zero-order chi connectivity index (χ0) is 17.1. The van der Waals surface area contributed by atoms with Crippen molar-refractivity contribution >= 4 is 33.6 Å². The third-order valence-corrected chi connectivity index (χ3v) is 4.95. The Kier molecular flexibility index (Phi) is 6.43. The maximum Gasteiger partial charge on any atom is 0.266 e. The number of carbonyl (C=O) groups is 1. The maximum atomic E-state index is 14.0. The van der Waals surface area contributed by atoms with Crippen LogP contribution >= 0.6 is 15.9 Å². The van der Waals surface area contributed by atoms with Gasteiger partial charge >= 0.3 is 0 Å². The second-order valence-electron chi connectivity index (χ2n) is 5.59. The average Bonchev–Trinajstić information content (AvgIpc) is 2.39. The van der Waals surface area contributed by atoms with Crippen molar-refractivity contribution in [2.75, 3.05) is 0 Å². The van der Waals surface area contributed by atoms with Gasteiger partial charge in [-0.05, 0) is 48.8 Å². The molecule has 0 amide bonds. The van der Waals surface area contributed by atoms with Crippen LogP contribution in [0.3, 0.4) is 0 Å². The summed E-state index contributed by atoms with van der Waals surface area (Å²) in [5.74, 6) is -1.01. The molecule has 0 aliphatic carbocycles. The molecule has 1 rings (SSSR count). The molecule has 0 fully saturated rings. The van der Waals surface area contributed by atoms with E-state index >= 15 is 0 Å². The Morgan fingerprint density at radius 2 is 2.05 bits per heavy atom. The van der Waals surface area contributed by atoms with E-state index < -0.39 is 46.0 Å². The predicted octanol–water partition coefficient (Wildman–Crippen LogP) is 3.08. The molecule has 0 saturated heterocycles. The fraction of sp³-hybridized carbons (Fsp3) is 0.538. The molecule has 0 aliphatic rings. The topological polar surface area (TPSA) is 65.0 Å². The summed E-state index contributed by atoms with van der Waals surface area (Å²) in [4.78, 5) is 14.6. The number of hydrogen-bond acceptors (Lipinski definition) is 4. The van der Waals surface area contributed by atoms with Crippen molar-refractivity contribution in [2.24, 2.45) is 0 Å². The van der Waals surface area contributed by atoms with Crippen LogP contribution in [-0.2, 0) is 21.7 Å². The van der Waals surface area contributed by atoms with E-state index in [1.807, 2.05) is 0 Å². The first-order chi connectivity index (χ1) is 10.0. The van der Waals surface area contributed by atoms with Gasteiger partial charge in [-0.15, -0.1) is 4.72 Å². The average molecular weight is 401 g/mol. The molecule has 0 aliphatic heterocycles. The van der Waals surface area contributed by atoms with E-state index in [1.54, 1.807) is 20.8 Å². The number of aromatic nitrogens is 1. The Bertz CT molecular complexity index is 543. The lowest BCUT2D eigenvalue weighted by molar-refractivity contribution is -0.111. The van der Waals surface area contributed by atoms with Crippen molar-refractivity contribution in [3.8, 4) is 0 Å². The Hall–Kier alpha value is -0.640. The molecule has 2 atom stereocenters. The number of nitrogens with zero attached hydrogens (tertiary/aromatic N) is 1. The molecule has 0 aromatic carbocycles. The molecule has 0 spiro atoms. The van der Waals surface area contributed by atoms with Crippen LogP contribution in [0.5, 0.6) is 0 Å². The van der Waals surface area contributed by atoms with Crippen LogP contribution in [0, 0.1) is 5.82 Å². The lowest BCUT2D eigenvalue weighted by atomic mass is 9.92. The lowest BCUT2D eigenvalue weighted by Crippen LogP contribution is -2.56. The number of pyridine rings is 1. The SMILES string of the molecule is CC(C)(C)[S+]([O-])N[C@](CC=O)(c1nc(Br)ccc1F)C(F)F. The molecule has 4 nitrogen and oxygen atoms in total. The van der Waals surface area contributed by atoms with Gasteiger partial charge in [0.05, 0.1) is 0 Å². The van der Waals surface area contributed by atoms with E-state index in [0.717, 1.165) is 6.07 Å². The van der Waals surface area contributed by atoms with E-state index in [-0.39, 0.29) is 10.9 Å². The Balaban J connectivity index is 3.44. The maximum absolute atomic E-state index is 14.0. The molecule has 1 N–H and O–H groups in total. The summed E-state index contributed by atoms with van der Waals surface area (Å²) in [5.41, 5.74) is -3.12. The third-order valence-electron chi connectivity index (χ3n) is 2.84. The van der Waals surface area contributed by atoms with Gasteiger partial charge in [0.1, 0.15) is 27.1 Å². The molecule has 22 heavy (non-hydrogen) atoms. The number of carbonyl (C=O) groups excluding carboxylic acids is 1. The molecule has 1 aromatic rings. The highest BCUT2D eigenvalue weighted by molar-refractivity contribution is 9.10. The molecular weight excluding hydrogens is 385 g/mol. The van der Waals surface area contributed by atoms with Gasteiger partial charge in [0.2, 0.25) is 0 Å². The lowest BCUT2D eigenvalue weighted by Gasteiger charge is -2.35. The number of nitrogens with one attached hydrogen (secondary N) is 1. The standard InChI is InChI=1S/C13H16BrF3N2O2S/c1-12(2,3)22(21)19-13(6-7-20,11(16)17)10-8(15)4-5-9(14)18-10/h4-5,7,11,19H,6H2,1-3H3/t13-,22?/m1/s1. The minimum Gasteiger partial charge on any atom is -0.598 e. The second kappa shape index (κ2) is 7.29. The number of hydrogen-bond donors (Lipinski definition) is 1. The Morgan fingerprint density at radius 3 is 2.50 bits per heavy atom. The fourth-order valence-corrected chi connectivity index (χ4v) is 2.82. The largest absolute Gasteiger partial charge is 0.598 e. The summed E-state index contributed by atoms with van der Waals surface area (Å²) in [6.45, 7) is 4.70. The number of alkyl halides is 2. The highest BCUT2D eigenvalue weighted by Gasteiger charge is 2.50. The van der Waals surface area contributed by atoms with Crippen molar-refractivity contribution in [3.63, 3.8) is 0 Å². The smallest absolute Gasteiger partial charge is 0.266 e. The number of rotatable bonds is 6. The van der Waals surface area contributed by atoms with Crippen molar-refractivity contribution in [1.29, 1.82) is 0 Å². The van der Waals surface area contributed by atoms with E-state index in [0.29, 0.717) is 0 Å². The molecule has 0 bridgehead atoms. The van der Waals surface area contributed by atoms with Crippen LogP contribution in [0.15, 0.2) is 16.7 Å². The molecule has 0 saturated carbocycles. The molecule has 1 heterocycles. The van der Waals surface area contributed by atoms with Gasteiger partial charge in [-0.25, -0.2) is 18.2 Å². The monoisotopic (exact) mass is 400 g/mol. The fourth-order valence-electron chi connectivity index (χ4n) is 1.60. The first-order valence-electron chi connectivity index (χ1n) is 6.28. The van der Waals surface area contributed by atoms with Gasteiger partial charge in [-0.3, -0.25) is 0 Å². The number of halogens is 4. The molecule has 0 radical (unpaired) electrons. The van der Waals surface area contributed by atoms with Gasteiger partial charge in [0.25, 0.3) is 6.43 Å². The third kappa shape index (κ3) is 4.21. The zero-order valence-electron chi connectivity index (χ0n) is 12.2. The summed E-state index contributed by atoms with van der Waals surface area (Å²) in [6.07, 6.45) is -3.74. The Morgan fingerprint density at radius 1 is 1.45 bits per heavy atom. The summed E-state index contributed by atoms with van der Waals surface area (Å²) in [5, 5.41) is 0. The van der Waals surface area contributed by atoms with Crippen LogP contribution in [0.4, 0.5) is 13.2 Å². The second-order valence-corrected chi connectivity index (χ2v) is 8.37.